The van der Waals surface area contributed by atoms with Gasteiger partial charge in [0, 0.05) is 6.07 Å². The van der Waals surface area contributed by atoms with Crippen molar-refractivity contribution in [3.63, 3.8) is 0 Å². The summed E-state index contributed by atoms with van der Waals surface area (Å²) < 4.78 is 14.1. The van der Waals surface area contributed by atoms with E-state index in [4.69, 9.17) is 9.47 Å². The third kappa shape index (κ3) is 1.34. The van der Waals surface area contributed by atoms with E-state index in [0.29, 0.717) is 5.75 Å². The minimum absolute atomic E-state index is 0.0926. The van der Waals surface area contributed by atoms with Crippen molar-refractivity contribution in [1.82, 2.24) is 0 Å². The summed E-state index contributed by atoms with van der Waals surface area (Å²) in [6.45, 7) is 0. The topological polar surface area (TPSA) is 48.7 Å². The van der Waals surface area contributed by atoms with Crippen molar-refractivity contribution in [2.45, 2.75) is 0 Å². The summed E-state index contributed by atoms with van der Waals surface area (Å²) in [4.78, 5) is 10.9. The van der Waals surface area contributed by atoms with Crippen LogP contribution in [0.1, 0.15) is 0 Å². The summed E-state index contributed by atoms with van der Waals surface area (Å²) in [5.74, 6) is 0.471. The molecule has 1 aromatic rings. The zero-order valence-corrected chi connectivity index (χ0v) is 6.29. The van der Waals surface area contributed by atoms with Crippen molar-refractivity contribution in [2.75, 3.05) is 14.2 Å². The van der Waals surface area contributed by atoms with Gasteiger partial charge in [0.2, 0.25) is 5.75 Å². The van der Waals surface area contributed by atoms with Crippen LogP contribution in [-0.4, -0.2) is 14.2 Å². The summed E-state index contributed by atoms with van der Waals surface area (Å²) in [6.07, 6.45) is 1.25. The Labute approximate surface area is 63.4 Å². The van der Waals surface area contributed by atoms with Gasteiger partial charge in [-0.05, 0) is 0 Å². The molecule has 0 saturated heterocycles. The second-order valence-corrected chi connectivity index (χ2v) is 1.81. The van der Waals surface area contributed by atoms with E-state index in [1.807, 2.05) is 0 Å². The maximum absolute atomic E-state index is 10.9. The summed E-state index contributed by atoms with van der Waals surface area (Å²) in [6, 6.07) is 1.51. The van der Waals surface area contributed by atoms with Crippen LogP contribution in [0.25, 0.3) is 0 Å². The lowest BCUT2D eigenvalue weighted by molar-refractivity contribution is 0.328. The Morgan fingerprint density at radius 2 is 2.09 bits per heavy atom. The van der Waals surface area contributed by atoms with Crippen LogP contribution in [0, 0.1) is 0 Å². The van der Waals surface area contributed by atoms with Gasteiger partial charge in [-0.2, -0.15) is 0 Å². The highest BCUT2D eigenvalue weighted by molar-refractivity contribution is 5.34. The van der Waals surface area contributed by atoms with Crippen LogP contribution in [0.3, 0.4) is 0 Å². The fraction of sp³-hybridized carbons (Fsp3) is 0.286. The molecule has 0 saturated carbocycles. The van der Waals surface area contributed by atoms with Gasteiger partial charge in [-0.25, -0.2) is 4.79 Å². The number of hydrogen-bond acceptors (Lipinski definition) is 4. The lowest BCUT2D eigenvalue weighted by atomic mass is 10.4. The number of methoxy groups -OCH3 is 2. The number of hydrogen-bond donors (Lipinski definition) is 0. The van der Waals surface area contributed by atoms with Crippen LogP contribution in [0.15, 0.2) is 21.5 Å². The smallest absolute Gasteiger partial charge is 0.382 e. The predicted molar refractivity (Wildman–Crippen MR) is 38.1 cm³/mol. The minimum Gasteiger partial charge on any atom is -0.492 e. The molecular formula is C7H8O4. The van der Waals surface area contributed by atoms with E-state index in [1.165, 1.54) is 26.5 Å². The van der Waals surface area contributed by atoms with Crippen molar-refractivity contribution < 1.29 is 13.9 Å². The van der Waals surface area contributed by atoms with E-state index in [-0.39, 0.29) is 5.75 Å². The first kappa shape index (κ1) is 7.65. The molecule has 1 heterocycles. The average molecular weight is 156 g/mol. The Morgan fingerprint density at radius 1 is 1.36 bits per heavy atom. The summed E-state index contributed by atoms with van der Waals surface area (Å²) in [5, 5.41) is 0. The predicted octanol–water partition coefficient (Wildman–Crippen LogP) is 0.657. The number of rotatable bonds is 2. The van der Waals surface area contributed by atoms with Crippen LogP contribution in [0.5, 0.6) is 11.5 Å². The molecule has 0 aliphatic rings. The fourth-order valence-electron chi connectivity index (χ4n) is 0.732. The van der Waals surface area contributed by atoms with E-state index in [1.54, 1.807) is 0 Å². The number of ether oxygens (including phenoxy) is 2. The molecule has 0 N–H and O–H groups in total. The maximum atomic E-state index is 10.9. The summed E-state index contributed by atoms with van der Waals surface area (Å²) in [7, 11) is 2.84. The molecule has 4 nitrogen and oxygen atoms in total. The van der Waals surface area contributed by atoms with Crippen LogP contribution < -0.4 is 15.1 Å². The van der Waals surface area contributed by atoms with Gasteiger partial charge in [-0.15, -0.1) is 0 Å². The summed E-state index contributed by atoms with van der Waals surface area (Å²) in [5.41, 5.74) is -0.535. The fourth-order valence-corrected chi connectivity index (χ4v) is 0.732. The van der Waals surface area contributed by atoms with Crippen molar-refractivity contribution in [2.24, 2.45) is 0 Å². The zero-order valence-electron chi connectivity index (χ0n) is 6.29. The SMILES string of the molecule is COc1ccoc(=O)c1OC. The van der Waals surface area contributed by atoms with Gasteiger partial charge in [0.05, 0.1) is 20.5 Å². The summed E-state index contributed by atoms with van der Waals surface area (Å²) >= 11 is 0. The minimum atomic E-state index is -0.535. The molecule has 4 heteroatoms. The molecule has 60 valence electrons. The van der Waals surface area contributed by atoms with Crippen LogP contribution in [0.2, 0.25) is 0 Å². The molecule has 0 spiro atoms. The normalized spacial score (nSPS) is 9.27. The molecule has 11 heavy (non-hydrogen) atoms. The molecule has 0 fully saturated rings. The largest absolute Gasteiger partial charge is 0.492 e. The van der Waals surface area contributed by atoms with Gasteiger partial charge in [0.1, 0.15) is 0 Å². The maximum Gasteiger partial charge on any atom is 0.382 e. The Balaban J connectivity index is 3.24. The first-order chi connectivity index (χ1) is 5.29. The van der Waals surface area contributed by atoms with E-state index in [2.05, 4.69) is 4.42 Å². The second kappa shape index (κ2) is 3.09. The third-order valence-corrected chi connectivity index (χ3v) is 1.23. The van der Waals surface area contributed by atoms with E-state index in [0.717, 1.165) is 0 Å². The van der Waals surface area contributed by atoms with Crippen molar-refractivity contribution in [3.05, 3.63) is 22.7 Å². The lowest BCUT2D eigenvalue weighted by Gasteiger charge is -2.02. The molecule has 0 aliphatic carbocycles. The highest BCUT2D eigenvalue weighted by Crippen LogP contribution is 2.20. The lowest BCUT2D eigenvalue weighted by Crippen LogP contribution is -2.04. The van der Waals surface area contributed by atoms with Gasteiger partial charge in [0.25, 0.3) is 0 Å². The van der Waals surface area contributed by atoms with E-state index >= 15 is 0 Å². The monoisotopic (exact) mass is 156 g/mol. The molecule has 1 aromatic heterocycles. The van der Waals surface area contributed by atoms with Crippen LogP contribution in [0.4, 0.5) is 0 Å². The molecule has 0 bridgehead atoms. The van der Waals surface area contributed by atoms with Gasteiger partial charge >= 0.3 is 5.63 Å². The quantitative estimate of drug-likeness (QED) is 0.631. The van der Waals surface area contributed by atoms with Gasteiger partial charge < -0.3 is 13.9 Å². The third-order valence-electron chi connectivity index (χ3n) is 1.23. The molecule has 1 rings (SSSR count). The van der Waals surface area contributed by atoms with E-state index < -0.39 is 5.63 Å². The van der Waals surface area contributed by atoms with Crippen molar-refractivity contribution in [3.8, 4) is 11.5 Å². The van der Waals surface area contributed by atoms with Crippen molar-refractivity contribution >= 4 is 0 Å². The highest BCUT2D eigenvalue weighted by Gasteiger charge is 2.07. The molecule has 0 radical (unpaired) electrons. The standard InChI is InChI=1S/C7H8O4/c1-9-5-3-4-11-7(8)6(5)10-2/h3-4H,1-2H3. The second-order valence-electron chi connectivity index (χ2n) is 1.81. The molecule has 0 aliphatic heterocycles. The first-order valence-electron chi connectivity index (χ1n) is 2.99. The highest BCUT2D eigenvalue weighted by atomic mass is 16.5. The van der Waals surface area contributed by atoms with Gasteiger partial charge in [-0.3, -0.25) is 0 Å². The average Bonchev–Trinajstić information content (AvgIpc) is 2.04. The van der Waals surface area contributed by atoms with Crippen LogP contribution in [-0.2, 0) is 0 Å². The zero-order chi connectivity index (χ0) is 8.27. The van der Waals surface area contributed by atoms with Gasteiger partial charge in [-0.1, -0.05) is 0 Å². The van der Waals surface area contributed by atoms with Crippen LogP contribution >= 0.6 is 0 Å². The van der Waals surface area contributed by atoms with E-state index in [9.17, 15) is 4.79 Å². The van der Waals surface area contributed by atoms with Crippen molar-refractivity contribution in [1.29, 1.82) is 0 Å². The molecule has 0 amide bonds. The molecule has 0 atom stereocenters. The molecule has 0 unspecified atom stereocenters. The Bertz CT molecular complexity index is 289. The van der Waals surface area contributed by atoms with Gasteiger partial charge in [0.15, 0.2) is 5.75 Å². The molecular weight excluding hydrogens is 148 g/mol. The Kier molecular flexibility index (Phi) is 2.15. The Morgan fingerprint density at radius 3 is 2.55 bits per heavy atom. The first-order valence-corrected chi connectivity index (χ1v) is 2.99. The molecule has 0 aromatic carbocycles. The Hall–Kier alpha value is -1.45.